The van der Waals surface area contributed by atoms with Gasteiger partial charge in [-0.25, -0.2) is 0 Å². The zero-order chi connectivity index (χ0) is 22.8. The summed E-state index contributed by atoms with van der Waals surface area (Å²) in [5, 5.41) is 21.9. The van der Waals surface area contributed by atoms with Gasteiger partial charge in [-0.2, -0.15) is 0 Å². The number of carbonyl (C=O) groups excluding carboxylic acids is 2. The number of methoxy groups -OCH3 is 1. The number of likely N-dealkylation sites (tertiary alicyclic amines) is 1. The second-order valence-electron chi connectivity index (χ2n) is 7.08. The Labute approximate surface area is 182 Å². The van der Waals surface area contributed by atoms with Crippen LogP contribution >= 0.6 is 0 Å². The maximum absolute atomic E-state index is 13.0. The maximum Gasteiger partial charge on any atom is 0.296 e. The number of Topliss-reactive ketones (excluding diaryl/α,β-unsaturated/α-hetero) is 1. The number of carbonyl (C=O) groups is 2. The molecule has 2 heterocycles. The van der Waals surface area contributed by atoms with E-state index < -0.39 is 28.4 Å². The van der Waals surface area contributed by atoms with Gasteiger partial charge < -0.3 is 19.2 Å². The number of amides is 1. The van der Waals surface area contributed by atoms with Crippen molar-refractivity contribution in [2.75, 3.05) is 7.11 Å². The molecule has 0 radical (unpaired) electrons. The van der Waals surface area contributed by atoms with E-state index in [1.165, 1.54) is 42.5 Å². The van der Waals surface area contributed by atoms with Crippen LogP contribution in [0.25, 0.3) is 5.76 Å². The van der Waals surface area contributed by atoms with E-state index in [0.717, 1.165) is 0 Å². The van der Waals surface area contributed by atoms with Crippen molar-refractivity contribution in [2.45, 2.75) is 12.6 Å². The summed E-state index contributed by atoms with van der Waals surface area (Å²) in [5.74, 6) is -0.993. The third kappa shape index (κ3) is 3.71. The van der Waals surface area contributed by atoms with Gasteiger partial charge in [0.1, 0.15) is 17.3 Å². The van der Waals surface area contributed by atoms with Crippen molar-refractivity contribution in [1.82, 2.24) is 4.90 Å². The Morgan fingerprint density at radius 3 is 2.38 bits per heavy atom. The lowest BCUT2D eigenvalue weighted by Gasteiger charge is -2.24. The van der Waals surface area contributed by atoms with Crippen LogP contribution in [0, 0.1) is 10.1 Å². The lowest BCUT2D eigenvalue weighted by Crippen LogP contribution is -2.29. The predicted octanol–water partition coefficient (Wildman–Crippen LogP) is 3.82. The molecule has 1 saturated heterocycles. The van der Waals surface area contributed by atoms with E-state index in [2.05, 4.69) is 0 Å². The molecule has 1 aromatic heterocycles. The van der Waals surface area contributed by atoms with Crippen LogP contribution in [0.2, 0.25) is 0 Å². The number of rotatable bonds is 6. The van der Waals surface area contributed by atoms with Gasteiger partial charge in [0.25, 0.3) is 17.4 Å². The van der Waals surface area contributed by atoms with Crippen molar-refractivity contribution in [3.63, 3.8) is 0 Å². The number of ketones is 1. The van der Waals surface area contributed by atoms with Crippen molar-refractivity contribution in [2.24, 2.45) is 0 Å². The zero-order valence-corrected chi connectivity index (χ0v) is 16.9. The molecule has 0 bridgehead atoms. The molecule has 1 aliphatic heterocycles. The van der Waals surface area contributed by atoms with Gasteiger partial charge in [0.05, 0.1) is 36.5 Å². The van der Waals surface area contributed by atoms with Crippen LogP contribution in [-0.4, -0.2) is 33.7 Å². The number of hydrogen-bond donors (Lipinski definition) is 1. The molecule has 0 saturated carbocycles. The monoisotopic (exact) mass is 434 g/mol. The van der Waals surface area contributed by atoms with Crippen molar-refractivity contribution in [3.05, 3.63) is 99.5 Å². The first-order valence-corrected chi connectivity index (χ1v) is 9.60. The first kappa shape index (κ1) is 20.9. The van der Waals surface area contributed by atoms with E-state index in [1.54, 1.807) is 36.4 Å². The fraction of sp³-hybridized carbons (Fsp3) is 0.130. The predicted molar refractivity (Wildman–Crippen MR) is 113 cm³/mol. The van der Waals surface area contributed by atoms with Crippen LogP contribution in [0.3, 0.4) is 0 Å². The number of aliphatic hydroxyl groups is 1. The van der Waals surface area contributed by atoms with Gasteiger partial charge in [0.15, 0.2) is 0 Å². The molecular formula is C23H18N2O7. The molecule has 162 valence electrons. The molecule has 1 atom stereocenters. The summed E-state index contributed by atoms with van der Waals surface area (Å²) in [5.41, 5.74) is 0.497. The Kier molecular flexibility index (Phi) is 5.46. The number of nitro groups is 1. The highest BCUT2D eigenvalue weighted by Gasteiger charge is 2.46. The lowest BCUT2D eigenvalue weighted by molar-refractivity contribution is -0.384. The minimum atomic E-state index is -0.888. The van der Waals surface area contributed by atoms with Crippen molar-refractivity contribution in [1.29, 1.82) is 0 Å². The van der Waals surface area contributed by atoms with E-state index >= 15 is 0 Å². The van der Waals surface area contributed by atoms with E-state index in [0.29, 0.717) is 17.1 Å². The van der Waals surface area contributed by atoms with Crippen LogP contribution in [0.5, 0.6) is 5.75 Å². The Morgan fingerprint density at radius 2 is 1.81 bits per heavy atom. The highest BCUT2D eigenvalue weighted by atomic mass is 16.6. The van der Waals surface area contributed by atoms with E-state index in [9.17, 15) is 24.8 Å². The van der Waals surface area contributed by atoms with Crippen LogP contribution in [0.15, 0.2) is 76.9 Å². The topological polar surface area (TPSA) is 123 Å². The minimum absolute atomic E-state index is 0.0192. The minimum Gasteiger partial charge on any atom is -0.507 e. The largest absolute Gasteiger partial charge is 0.507 e. The van der Waals surface area contributed by atoms with Gasteiger partial charge in [-0.1, -0.05) is 12.1 Å². The second-order valence-corrected chi connectivity index (χ2v) is 7.08. The fourth-order valence-corrected chi connectivity index (χ4v) is 3.64. The summed E-state index contributed by atoms with van der Waals surface area (Å²) < 4.78 is 10.5. The summed E-state index contributed by atoms with van der Waals surface area (Å²) in [6.45, 7) is 0.0192. The number of hydrogen-bond acceptors (Lipinski definition) is 7. The molecule has 0 spiro atoms. The average Bonchev–Trinajstić information content (AvgIpc) is 3.41. The Balaban J connectivity index is 1.83. The molecule has 9 nitrogen and oxygen atoms in total. The SMILES string of the molecule is COc1ccc(C2/C(=C(/O)c3ccc([N+](=O)[O-])cc3)C(=O)C(=O)N2Cc2ccco2)cc1. The number of nitro benzene ring substituents is 1. The molecule has 1 aliphatic rings. The van der Waals surface area contributed by atoms with Gasteiger partial charge in [0, 0.05) is 17.7 Å². The molecule has 9 heteroatoms. The molecule has 1 N–H and O–H groups in total. The van der Waals surface area contributed by atoms with Crippen molar-refractivity contribution in [3.8, 4) is 5.75 Å². The van der Waals surface area contributed by atoms with E-state index in [1.807, 2.05) is 0 Å². The fourth-order valence-electron chi connectivity index (χ4n) is 3.64. The third-order valence-electron chi connectivity index (χ3n) is 5.23. The molecule has 1 fully saturated rings. The quantitative estimate of drug-likeness (QED) is 0.206. The number of aliphatic hydroxyl groups excluding tert-OH is 1. The van der Waals surface area contributed by atoms with Crippen LogP contribution < -0.4 is 4.74 Å². The Bertz CT molecular complexity index is 1200. The summed E-state index contributed by atoms with van der Waals surface area (Å²) >= 11 is 0. The van der Waals surface area contributed by atoms with Crippen LogP contribution in [0.4, 0.5) is 5.69 Å². The third-order valence-corrected chi connectivity index (χ3v) is 5.23. The molecule has 32 heavy (non-hydrogen) atoms. The number of non-ortho nitro benzene ring substituents is 1. The zero-order valence-electron chi connectivity index (χ0n) is 16.9. The number of furan rings is 1. The summed E-state index contributed by atoms with van der Waals surface area (Å²) in [7, 11) is 1.52. The van der Waals surface area contributed by atoms with Crippen molar-refractivity contribution < 1.29 is 28.8 Å². The lowest BCUT2D eigenvalue weighted by atomic mass is 9.95. The normalized spacial score (nSPS) is 17.5. The number of nitrogens with zero attached hydrogens (tertiary/aromatic N) is 2. The maximum atomic E-state index is 13.0. The summed E-state index contributed by atoms with van der Waals surface area (Å²) in [6.07, 6.45) is 1.46. The highest BCUT2D eigenvalue weighted by Crippen LogP contribution is 2.40. The molecule has 2 aromatic carbocycles. The van der Waals surface area contributed by atoms with Gasteiger partial charge in [-0.15, -0.1) is 0 Å². The first-order chi connectivity index (χ1) is 15.4. The summed E-state index contributed by atoms with van der Waals surface area (Å²) in [4.78, 5) is 37.5. The van der Waals surface area contributed by atoms with Gasteiger partial charge in [-0.05, 0) is 42.0 Å². The van der Waals surface area contributed by atoms with Gasteiger partial charge in [-0.3, -0.25) is 19.7 Å². The van der Waals surface area contributed by atoms with Crippen LogP contribution in [0.1, 0.15) is 22.9 Å². The Hall–Kier alpha value is -4.40. The number of benzene rings is 2. The first-order valence-electron chi connectivity index (χ1n) is 9.60. The van der Waals surface area contributed by atoms with Gasteiger partial charge >= 0.3 is 0 Å². The highest BCUT2D eigenvalue weighted by molar-refractivity contribution is 6.46. The number of ether oxygens (including phenoxy) is 1. The molecule has 1 amide bonds. The average molecular weight is 434 g/mol. The van der Waals surface area contributed by atoms with Crippen LogP contribution in [-0.2, 0) is 16.1 Å². The molecule has 0 aliphatic carbocycles. The van der Waals surface area contributed by atoms with E-state index in [4.69, 9.17) is 9.15 Å². The molecule has 4 rings (SSSR count). The molecular weight excluding hydrogens is 416 g/mol. The summed E-state index contributed by atoms with van der Waals surface area (Å²) in [6, 6.07) is 14.3. The Morgan fingerprint density at radius 1 is 1.12 bits per heavy atom. The van der Waals surface area contributed by atoms with Gasteiger partial charge in [0.2, 0.25) is 0 Å². The van der Waals surface area contributed by atoms with E-state index in [-0.39, 0.29) is 23.4 Å². The second kappa shape index (κ2) is 8.38. The standard InChI is InChI=1S/C23H18N2O7/c1-31-17-10-6-14(7-11-17)20-19(21(26)15-4-8-16(9-5-15)25(29)30)22(27)23(28)24(20)13-18-3-2-12-32-18/h2-12,20,26H,13H2,1H3/b21-19-. The smallest absolute Gasteiger partial charge is 0.296 e. The molecule has 1 unspecified atom stereocenters. The molecule has 3 aromatic rings. The van der Waals surface area contributed by atoms with Crippen molar-refractivity contribution >= 4 is 23.1 Å².